The molecule has 1 aliphatic rings. The van der Waals surface area contributed by atoms with Gasteiger partial charge in [-0.05, 0) is 32.3 Å². The molecule has 25 heavy (non-hydrogen) atoms. The Kier molecular flexibility index (Phi) is 5.48. The molecule has 0 saturated carbocycles. The summed E-state index contributed by atoms with van der Waals surface area (Å²) in [6.45, 7) is 4.19. The van der Waals surface area contributed by atoms with Crippen LogP contribution in [-0.4, -0.2) is 36.1 Å². The molecular weight excluding hydrogens is 316 g/mol. The Hall–Kier alpha value is -2.63. The molecule has 132 valence electrons. The summed E-state index contributed by atoms with van der Waals surface area (Å²) < 4.78 is 5.32. The fourth-order valence-corrected chi connectivity index (χ4v) is 3.07. The van der Waals surface area contributed by atoms with Crippen molar-refractivity contribution >= 4 is 11.7 Å². The summed E-state index contributed by atoms with van der Waals surface area (Å²) in [6, 6.07) is 9.43. The van der Waals surface area contributed by atoms with Gasteiger partial charge >= 0.3 is 0 Å². The van der Waals surface area contributed by atoms with Crippen LogP contribution in [0.15, 0.2) is 30.3 Å². The second-order valence-corrected chi connectivity index (χ2v) is 6.20. The number of anilines is 1. The maximum atomic E-state index is 12.5. The molecule has 1 N–H and O–H groups in total. The maximum Gasteiger partial charge on any atom is 0.270 e. The topological polar surface area (TPSA) is 67.3 Å². The lowest BCUT2D eigenvalue weighted by atomic mass is 10.1. The number of carbonyl (C=O) groups excluding carboxylic acids is 1. The SMILES string of the molecule is COc1ccccc1CNC(=O)c1cc(N2CCCCC2)nc(C)n1. The monoisotopic (exact) mass is 340 g/mol. The molecule has 6 nitrogen and oxygen atoms in total. The number of amides is 1. The van der Waals surface area contributed by atoms with E-state index >= 15 is 0 Å². The Morgan fingerprint density at radius 2 is 1.96 bits per heavy atom. The number of methoxy groups -OCH3 is 1. The number of para-hydroxylation sites is 1. The molecule has 6 heteroatoms. The van der Waals surface area contributed by atoms with Crippen LogP contribution in [0.5, 0.6) is 5.75 Å². The van der Waals surface area contributed by atoms with Crippen molar-refractivity contribution in [3.8, 4) is 5.75 Å². The van der Waals surface area contributed by atoms with E-state index in [1.807, 2.05) is 31.2 Å². The maximum absolute atomic E-state index is 12.5. The number of aryl methyl sites for hydroxylation is 1. The smallest absolute Gasteiger partial charge is 0.270 e. The summed E-state index contributed by atoms with van der Waals surface area (Å²) in [5.41, 5.74) is 1.34. The zero-order valence-electron chi connectivity index (χ0n) is 14.8. The summed E-state index contributed by atoms with van der Waals surface area (Å²) >= 11 is 0. The number of aromatic nitrogens is 2. The van der Waals surface area contributed by atoms with E-state index in [2.05, 4.69) is 20.2 Å². The molecule has 1 fully saturated rings. The zero-order chi connectivity index (χ0) is 17.6. The molecule has 1 saturated heterocycles. The van der Waals surface area contributed by atoms with E-state index in [0.29, 0.717) is 18.1 Å². The third-order valence-electron chi connectivity index (χ3n) is 4.37. The lowest BCUT2D eigenvalue weighted by Gasteiger charge is -2.28. The number of nitrogens with zero attached hydrogens (tertiary/aromatic N) is 3. The van der Waals surface area contributed by atoms with Crippen LogP contribution in [0.3, 0.4) is 0 Å². The molecule has 0 unspecified atom stereocenters. The van der Waals surface area contributed by atoms with Crippen molar-refractivity contribution in [2.24, 2.45) is 0 Å². The third kappa shape index (κ3) is 4.26. The Labute approximate surface area is 148 Å². The van der Waals surface area contributed by atoms with E-state index in [0.717, 1.165) is 30.2 Å². The molecule has 1 aliphatic heterocycles. The summed E-state index contributed by atoms with van der Waals surface area (Å²) in [5.74, 6) is 2.02. The van der Waals surface area contributed by atoms with Crippen LogP contribution in [0.1, 0.15) is 41.1 Å². The van der Waals surface area contributed by atoms with Crippen LogP contribution < -0.4 is 15.0 Å². The van der Waals surface area contributed by atoms with Crippen LogP contribution in [0, 0.1) is 6.92 Å². The first-order valence-corrected chi connectivity index (χ1v) is 8.68. The van der Waals surface area contributed by atoms with Crippen LogP contribution in [0.2, 0.25) is 0 Å². The number of piperidine rings is 1. The van der Waals surface area contributed by atoms with Gasteiger partial charge in [-0.3, -0.25) is 4.79 Å². The minimum atomic E-state index is -0.199. The van der Waals surface area contributed by atoms with E-state index < -0.39 is 0 Å². The molecule has 1 aromatic carbocycles. The van der Waals surface area contributed by atoms with Crippen molar-refractivity contribution in [3.05, 3.63) is 47.4 Å². The van der Waals surface area contributed by atoms with E-state index in [1.54, 1.807) is 13.2 Å². The van der Waals surface area contributed by atoms with Gasteiger partial charge in [-0.2, -0.15) is 0 Å². The van der Waals surface area contributed by atoms with Gasteiger partial charge in [0.1, 0.15) is 23.1 Å². The van der Waals surface area contributed by atoms with Gasteiger partial charge in [-0.25, -0.2) is 9.97 Å². The van der Waals surface area contributed by atoms with E-state index in [1.165, 1.54) is 19.3 Å². The molecule has 0 spiro atoms. The molecule has 0 radical (unpaired) electrons. The molecule has 2 heterocycles. The van der Waals surface area contributed by atoms with Crippen molar-refractivity contribution in [3.63, 3.8) is 0 Å². The molecule has 2 aromatic rings. The van der Waals surface area contributed by atoms with Crippen molar-refractivity contribution in [1.29, 1.82) is 0 Å². The molecule has 0 aliphatic carbocycles. The van der Waals surface area contributed by atoms with Gasteiger partial charge in [-0.1, -0.05) is 18.2 Å². The fraction of sp³-hybridized carbons (Fsp3) is 0.421. The summed E-state index contributed by atoms with van der Waals surface area (Å²) in [6.07, 6.45) is 3.59. The molecule has 1 amide bonds. The standard InChI is InChI=1S/C19H24N4O2/c1-14-21-16(12-18(22-14)23-10-6-3-7-11-23)19(24)20-13-15-8-4-5-9-17(15)25-2/h4-5,8-9,12H,3,6-7,10-11,13H2,1-2H3,(H,20,24). The Morgan fingerprint density at radius 3 is 2.72 bits per heavy atom. The lowest BCUT2D eigenvalue weighted by Crippen LogP contribution is -2.31. The number of hydrogen-bond acceptors (Lipinski definition) is 5. The van der Waals surface area contributed by atoms with E-state index in [9.17, 15) is 4.79 Å². The van der Waals surface area contributed by atoms with Crippen molar-refractivity contribution in [2.45, 2.75) is 32.7 Å². The first-order valence-electron chi connectivity index (χ1n) is 8.68. The lowest BCUT2D eigenvalue weighted by molar-refractivity contribution is 0.0945. The molecular formula is C19H24N4O2. The predicted octanol–water partition coefficient (Wildman–Crippen LogP) is 2.71. The van der Waals surface area contributed by atoms with Gasteiger partial charge in [0.15, 0.2) is 0 Å². The normalized spacial score (nSPS) is 14.2. The second kappa shape index (κ2) is 7.96. The molecule has 1 aromatic heterocycles. The number of rotatable bonds is 5. The molecule has 0 bridgehead atoms. The summed E-state index contributed by atoms with van der Waals surface area (Å²) in [5, 5.41) is 2.92. The highest BCUT2D eigenvalue weighted by atomic mass is 16.5. The highest BCUT2D eigenvalue weighted by Gasteiger charge is 2.16. The highest BCUT2D eigenvalue weighted by Crippen LogP contribution is 2.19. The van der Waals surface area contributed by atoms with Crippen molar-refractivity contribution < 1.29 is 9.53 Å². The number of nitrogens with one attached hydrogen (secondary N) is 1. The quantitative estimate of drug-likeness (QED) is 0.906. The highest BCUT2D eigenvalue weighted by molar-refractivity contribution is 5.93. The van der Waals surface area contributed by atoms with E-state index in [-0.39, 0.29) is 5.91 Å². The minimum absolute atomic E-state index is 0.199. The van der Waals surface area contributed by atoms with Crippen molar-refractivity contribution in [1.82, 2.24) is 15.3 Å². The van der Waals surface area contributed by atoms with Crippen LogP contribution in [0.25, 0.3) is 0 Å². The molecule has 3 rings (SSSR count). The van der Waals surface area contributed by atoms with Crippen LogP contribution in [0.4, 0.5) is 5.82 Å². The van der Waals surface area contributed by atoms with Gasteiger partial charge in [0.25, 0.3) is 5.91 Å². The van der Waals surface area contributed by atoms with E-state index in [4.69, 9.17) is 4.74 Å². The second-order valence-electron chi connectivity index (χ2n) is 6.20. The molecule has 0 atom stereocenters. The Morgan fingerprint density at radius 1 is 1.20 bits per heavy atom. The number of carbonyl (C=O) groups is 1. The van der Waals surface area contributed by atoms with Gasteiger partial charge in [0.05, 0.1) is 7.11 Å². The zero-order valence-corrected chi connectivity index (χ0v) is 14.8. The fourth-order valence-electron chi connectivity index (χ4n) is 3.07. The number of ether oxygens (including phenoxy) is 1. The van der Waals surface area contributed by atoms with Gasteiger partial charge in [0.2, 0.25) is 0 Å². The Bertz CT molecular complexity index is 742. The Balaban J connectivity index is 1.72. The van der Waals surface area contributed by atoms with Gasteiger partial charge < -0.3 is 15.0 Å². The number of hydrogen-bond donors (Lipinski definition) is 1. The van der Waals surface area contributed by atoms with Gasteiger partial charge in [-0.15, -0.1) is 0 Å². The summed E-state index contributed by atoms with van der Waals surface area (Å²) in [7, 11) is 1.62. The first-order chi connectivity index (χ1) is 12.2. The van der Waals surface area contributed by atoms with Crippen molar-refractivity contribution in [2.75, 3.05) is 25.1 Å². The largest absolute Gasteiger partial charge is 0.496 e. The average molecular weight is 340 g/mol. The van der Waals surface area contributed by atoms with Crippen LogP contribution >= 0.6 is 0 Å². The van der Waals surface area contributed by atoms with Gasteiger partial charge in [0, 0.05) is 31.3 Å². The first kappa shape index (κ1) is 17.2. The minimum Gasteiger partial charge on any atom is -0.496 e. The summed E-state index contributed by atoms with van der Waals surface area (Å²) in [4.78, 5) is 23.6. The third-order valence-corrected chi connectivity index (χ3v) is 4.37. The average Bonchev–Trinajstić information content (AvgIpc) is 2.66. The predicted molar refractivity (Wildman–Crippen MR) is 97.0 cm³/mol. The number of benzene rings is 1. The van der Waals surface area contributed by atoms with Crippen LogP contribution in [-0.2, 0) is 6.54 Å².